The number of hydrogen-bond acceptors (Lipinski definition) is 4. The average Bonchev–Trinajstić information content (AvgIpc) is 3.02. The summed E-state index contributed by atoms with van der Waals surface area (Å²) in [4.78, 5) is 2.68. The third-order valence-corrected chi connectivity index (χ3v) is 6.79. The van der Waals surface area contributed by atoms with Crippen LogP contribution in [0, 0.1) is 6.92 Å². The second kappa shape index (κ2) is 5.54. The summed E-state index contributed by atoms with van der Waals surface area (Å²) in [5, 5.41) is 5.73. The number of halogens is 1. The minimum Gasteiger partial charge on any atom is -0.305 e. The maximum absolute atomic E-state index is 6.21. The van der Waals surface area contributed by atoms with Crippen LogP contribution >= 0.6 is 45.6 Å². The summed E-state index contributed by atoms with van der Waals surface area (Å²) in [6.45, 7) is 5.16. The molecule has 1 N–H and O–H groups in total. The van der Waals surface area contributed by atoms with Gasteiger partial charge >= 0.3 is 0 Å². The third-order valence-electron chi connectivity index (χ3n) is 3.01. The largest absolute Gasteiger partial charge is 0.305 e. The fourth-order valence-corrected chi connectivity index (χ4v) is 5.70. The standard InChI is InChI=1S/C14H14ClNS3/c1-3-16-13(11-6-8(2)14(15)19-11)12-7-10-9(18-12)4-5-17-10/h4-7,13,16H,3H2,1-2H3. The fourth-order valence-electron chi connectivity index (χ4n) is 2.10. The molecule has 19 heavy (non-hydrogen) atoms. The molecule has 1 unspecified atom stereocenters. The summed E-state index contributed by atoms with van der Waals surface area (Å²) in [5.41, 5.74) is 1.17. The smallest absolute Gasteiger partial charge is 0.0961 e. The Labute approximate surface area is 129 Å². The van der Waals surface area contributed by atoms with Crippen molar-refractivity contribution in [2.75, 3.05) is 6.54 Å². The van der Waals surface area contributed by atoms with Crippen LogP contribution in [0.4, 0.5) is 0 Å². The molecule has 100 valence electrons. The van der Waals surface area contributed by atoms with E-state index in [2.05, 4.69) is 42.7 Å². The zero-order valence-electron chi connectivity index (χ0n) is 10.7. The van der Waals surface area contributed by atoms with Crippen molar-refractivity contribution in [1.82, 2.24) is 5.32 Å². The van der Waals surface area contributed by atoms with Crippen molar-refractivity contribution in [2.24, 2.45) is 0 Å². The van der Waals surface area contributed by atoms with Gasteiger partial charge < -0.3 is 5.32 Å². The summed E-state index contributed by atoms with van der Waals surface area (Å²) >= 11 is 11.6. The number of thiophene rings is 3. The van der Waals surface area contributed by atoms with Crippen molar-refractivity contribution in [3.05, 3.63) is 43.2 Å². The van der Waals surface area contributed by atoms with Crippen LogP contribution in [-0.2, 0) is 0 Å². The molecule has 0 bridgehead atoms. The lowest BCUT2D eigenvalue weighted by Crippen LogP contribution is -2.20. The van der Waals surface area contributed by atoms with Crippen molar-refractivity contribution in [3.8, 4) is 0 Å². The monoisotopic (exact) mass is 327 g/mol. The minimum absolute atomic E-state index is 0.269. The molecule has 0 saturated heterocycles. The molecule has 5 heteroatoms. The topological polar surface area (TPSA) is 12.0 Å². The second-order valence-electron chi connectivity index (χ2n) is 4.39. The normalized spacial score (nSPS) is 13.2. The molecule has 0 spiro atoms. The highest BCUT2D eigenvalue weighted by molar-refractivity contribution is 7.27. The number of nitrogens with one attached hydrogen (secondary N) is 1. The van der Waals surface area contributed by atoms with Crippen molar-refractivity contribution in [2.45, 2.75) is 19.9 Å². The van der Waals surface area contributed by atoms with E-state index in [0.717, 1.165) is 10.9 Å². The highest BCUT2D eigenvalue weighted by atomic mass is 35.5. The van der Waals surface area contributed by atoms with Crippen LogP contribution in [-0.4, -0.2) is 6.54 Å². The van der Waals surface area contributed by atoms with E-state index in [1.165, 1.54) is 24.7 Å². The Kier molecular flexibility index (Phi) is 3.96. The van der Waals surface area contributed by atoms with Crippen molar-refractivity contribution >= 4 is 55.0 Å². The van der Waals surface area contributed by atoms with Gasteiger partial charge in [-0.1, -0.05) is 18.5 Å². The summed E-state index contributed by atoms with van der Waals surface area (Å²) in [6, 6.07) is 6.98. The first-order chi connectivity index (χ1) is 9.19. The first kappa shape index (κ1) is 13.6. The van der Waals surface area contributed by atoms with Crippen LogP contribution in [0.25, 0.3) is 9.40 Å². The Morgan fingerprint density at radius 2 is 2.00 bits per heavy atom. The van der Waals surface area contributed by atoms with Crippen LogP contribution in [0.15, 0.2) is 23.6 Å². The van der Waals surface area contributed by atoms with Gasteiger partial charge in [0.2, 0.25) is 0 Å². The van der Waals surface area contributed by atoms with E-state index in [4.69, 9.17) is 11.6 Å². The predicted molar refractivity (Wildman–Crippen MR) is 89.3 cm³/mol. The predicted octanol–water partition coefficient (Wildman–Crippen LogP) is 5.69. The van der Waals surface area contributed by atoms with E-state index in [-0.39, 0.29) is 6.04 Å². The fraction of sp³-hybridized carbons (Fsp3) is 0.286. The van der Waals surface area contributed by atoms with Gasteiger partial charge in [0.25, 0.3) is 0 Å². The van der Waals surface area contributed by atoms with E-state index in [9.17, 15) is 0 Å². The van der Waals surface area contributed by atoms with E-state index in [1.54, 1.807) is 11.3 Å². The van der Waals surface area contributed by atoms with E-state index < -0.39 is 0 Å². The van der Waals surface area contributed by atoms with Crippen molar-refractivity contribution < 1.29 is 0 Å². The molecule has 0 aliphatic heterocycles. The molecule has 0 aliphatic carbocycles. The summed E-state index contributed by atoms with van der Waals surface area (Å²) in [7, 11) is 0. The van der Waals surface area contributed by atoms with Gasteiger partial charge in [-0.2, -0.15) is 0 Å². The van der Waals surface area contributed by atoms with Crippen LogP contribution in [0.2, 0.25) is 4.34 Å². The van der Waals surface area contributed by atoms with Gasteiger partial charge in [-0.05, 0) is 42.6 Å². The Bertz CT molecular complexity index is 646. The van der Waals surface area contributed by atoms with Crippen LogP contribution in [0.3, 0.4) is 0 Å². The van der Waals surface area contributed by atoms with Crippen LogP contribution in [0.1, 0.15) is 28.3 Å². The average molecular weight is 328 g/mol. The molecule has 0 aromatic carbocycles. The lowest BCUT2D eigenvalue weighted by Gasteiger charge is -2.14. The highest BCUT2D eigenvalue weighted by Crippen LogP contribution is 2.39. The van der Waals surface area contributed by atoms with E-state index in [0.29, 0.717) is 0 Å². The molecule has 0 aliphatic rings. The molecule has 0 fully saturated rings. The Hall–Kier alpha value is -0.390. The molecule has 0 radical (unpaired) electrons. The van der Waals surface area contributed by atoms with Gasteiger partial charge in [0.1, 0.15) is 0 Å². The Morgan fingerprint density at radius 1 is 1.21 bits per heavy atom. The number of fused-ring (bicyclic) bond motifs is 1. The van der Waals surface area contributed by atoms with Gasteiger partial charge in [0.15, 0.2) is 0 Å². The molecular formula is C14H14ClNS3. The van der Waals surface area contributed by atoms with Gasteiger partial charge in [-0.3, -0.25) is 0 Å². The van der Waals surface area contributed by atoms with Gasteiger partial charge in [0.05, 0.1) is 10.4 Å². The first-order valence-electron chi connectivity index (χ1n) is 6.15. The minimum atomic E-state index is 0.269. The molecule has 3 heterocycles. The van der Waals surface area contributed by atoms with E-state index >= 15 is 0 Å². The summed E-state index contributed by atoms with van der Waals surface area (Å²) in [6.07, 6.45) is 0. The first-order valence-corrected chi connectivity index (χ1v) is 9.04. The molecule has 0 amide bonds. The van der Waals surface area contributed by atoms with Crippen LogP contribution < -0.4 is 5.32 Å². The van der Waals surface area contributed by atoms with Crippen molar-refractivity contribution in [1.29, 1.82) is 0 Å². The quantitative estimate of drug-likeness (QED) is 0.649. The number of aryl methyl sites for hydroxylation is 1. The third kappa shape index (κ3) is 2.60. The van der Waals surface area contributed by atoms with Gasteiger partial charge in [-0.25, -0.2) is 0 Å². The Balaban J connectivity index is 2.02. The summed E-state index contributed by atoms with van der Waals surface area (Å²) < 4.78 is 3.65. The summed E-state index contributed by atoms with van der Waals surface area (Å²) in [5.74, 6) is 0. The number of rotatable bonds is 4. The molecule has 1 atom stereocenters. The second-order valence-corrected chi connectivity index (χ2v) is 8.14. The molecular weight excluding hydrogens is 314 g/mol. The number of hydrogen-bond donors (Lipinski definition) is 1. The highest BCUT2D eigenvalue weighted by Gasteiger charge is 2.19. The lowest BCUT2D eigenvalue weighted by atomic mass is 10.2. The molecule has 1 nitrogen and oxygen atoms in total. The SMILES string of the molecule is CCNC(c1cc(C)c(Cl)s1)c1cc2sccc2s1. The van der Waals surface area contributed by atoms with Crippen LogP contribution in [0.5, 0.6) is 0 Å². The van der Waals surface area contributed by atoms with Crippen molar-refractivity contribution in [3.63, 3.8) is 0 Å². The maximum Gasteiger partial charge on any atom is 0.0961 e. The molecule has 3 aromatic rings. The maximum atomic E-state index is 6.21. The molecule has 3 rings (SSSR count). The van der Waals surface area contributed by atoms with Gasteiger partial charge in [-0.15, -0.1) is 34.0 Å². The zero-order chi connectivity index (χ0) is 13.4. The zero-order valence-corrected chi connectivity index (χ0v) is 13.9. The van der Waals surface area contributed by atoms with E-state index in [1.807, 2.05) is 22.7 Å². The van der Waals surface area contributed by atoms with Gasteiger partial charge in [0, 0.05) is 19.2 Å². The Morgan fingerprint density at radius 3 is 2.63 bits per heavy atom. The molecule has 3 aromatic heterocycles. The lowest BCUT2D eigenvalue weighted by molar-refractivity contribution is 0.649. The molecule has 0 saturated carbocycles.